The minimum atomic E-state index is -4.69. The molecular weight excluding hydrogens is 405 g/mol. The van der Waals surface area contributed by atoms with Gasteiger partial charge in [-0.15, -0.1) is 0 Å². The molecule has 0 saturated heterocycles. The monoisotopic (exact) mass is 422 g/mol. The summed E-state index contributed by atoms with van der Waals surface area (Å²) in [6, 6.07) is 7.10. The predicted octanol–water partition coefficient (Wildman–Crippen LogP) is 3.65. The number of sulfonamides is 1. The summed E-state index contributed by atoms with van der Waals surface area (Å²) in [5.41, 5.74) is 2.96. The fourth-order valence-corrected chi connectivity index (χ4v) is 4.25. The summed E-state index contributed by atoms with van der Waals surface area (Å²) in [5.74, 6) is 0. The first-order valence-electron chi connectivity index (χ1n) is 8.50. The van der Waals surface area contributed by atoms with Gasteiger partial charge in [0, 0.05) is 18.6 Å². The van der Waals surface area contributed by atoms with Gasteiger partial charge >= 0.3 is 6.18 Å². The Bertz CT molecular complexity index is 1220. The molecule has 6 nitrogen and oxygen atoms in total. The number of nitrogens with zero attached hydrogens (tertiary/aromatic N) is 3. The highest BCUT2D eigenvalue weighted by atomic mass is 32.2. The molecule has 2 heterocycles. The number of pyridine rings is 1. The first-order chi connectivity index (χ1) is 13.5. The van der Waals surface area contributed by atoms with Gasteiger partial charge in [-0.25, -0.2) is 13.4 Å². The number of hydrogen-bond acceptors (Lipinski definition) is 4. The van der Waals surface area contributed by atoms with Gasteiger partial charge in [0.2, 0.25) is 10.0 Å². The van der Waals surface area contributed by atoms with Crippen LogP contribution in [-0.2, 0) is 17.1 Å². The molecule has 1 aromatic carbocycles. The van der Waals surface area contributed by atoms with Gasteiger partial charge < -0.3 is 4.57 Å². The number of nitrogens with one attached hydrogen (secondary N) is 1. The number of halogens is 3. The Hall–Kier alpha value is -2.90. The molecule has 0 saturated carbocycles. The summed E-state index contributed by atoms with van der Waals surface area (Å²) in [6.07, 6.45) is -3.01. The van der Waals surface area contributed by atoms with E-state index in [4.69, 9.17) is 0 Å². The van der Waals surface area contributed by atoms with Gasteiger partial charge in [0.25, 0.3) is 0 Å². The Balaban J connectivity index is 2.04. The Kier molecular flexibility index (Phi) is 5.15. The summed E-state index contributed by atoms with van der Waals surface area (Å²) >= 11 is 0. The normalized spacial score (nSPS) is 13.4. The number of hydrogen-bond donors (Lipinski definition) is 1. The molecule has 0 spiro atoms. The second-order valence-corrected chi connectivity index (χ2v) is 8.40. The van der Waals surface area contributed by atoms with Crippen LogP contribution in [0, 0.1) is 18.3 Å². The molecular formula is C19H17F3N4O2S. The Morgan fingerprint density at radius 3 is 2.41 bits per heavy atom. The Labute approximate surface area is 165 Å². The average molecular weight is 422 g/mol. The summed E-state index contributed by atoms with van der Waals surface area (Å²) in [5, 5.41) is 10.3. The maximum absolute atomic E-state index is 12.7. The van der Waals surface area contributed by atoms with E-state index in [1.165, 1.54) is 24.3 Å². The molecule has 0 aliphatic heterocycles. The van der Waals surface area contributed by atoms with E-state index in [1.54, 1.807) is 22.5 Å². The first kappa shape index (κ1) is 20.8. The van der Waals surface area contributed by atoms with Crippen molar-refractivity contribution >= 4 is 21.1 Å². The van der Waals surface area contributed by atoms with Gasteiger partial charge in [-0.05, 0) is 43.2 Å². The maximum Gasteiger partial charge on any atom is 0.404 e. The quantitative estimate of drug-likeness (QED) is 0.695. The molecule has 152 valence electrons. The van der Waals surface area contributed by atoms with E-state index in [0.29, 0.717) is 27.9 Å². The topological polar surface area (TPSA) is 87.8 Å². The zero-order valence-corrected chi connectivity index (χ0v) is 16.6. The van der Waals surface area contributed by atoms with Crippen LogP contribution in [-0.4, -0.2) is 30.2 Å². The number of fused-ring (bicyclic) bond motifs is 1. The maximum atomic E-state index is 12.7. The minimum Gasteiger partial charge on any atom is -0.327 e. The third-order valence-electron chi connectivity index (χ3n) is 4.54. The number of nitriles is 1. The summed E-state index contributed by atoms with van der Waals surface area (Å²) in [7, 11) is -2.62. The number of rotatable bonds is 4. The van der Waals surface area contributed by atoms with Gasteiger partial charge in [0.15, 0.2) is 0 Å². The van der Waals surface area contributed by atoms with Crippen molar-refractivity contribution < 1.29 is 21.6 Å². The van der Waals surface area contributed by atoms with Crippen molar-refractivity contribution in [1.82, 2.24) is 14.3 Å². The Morgan fingerprint density at radius 2 is 1.86 bits per heavy atom. The molecule has 0 bridgehead atoms. The van der Waals surface area contributed by atoms with Crippen molar-refractivity contribution in [2.24, 2.45) is 7.05 Å². The number of alkyl halides is 3. The van der Waals surface area contributed by atoms with Crippen LogP contribution in [0.2, 0.25) is 0 Å². The fraction of sp³-hybridized carbons (Fsp3) is 0.263. The molecule has 29 heavy (non-hydrogen) atoms. The van der Waals surface area contributed by atoms with Crippen molar-refractivity contribution in [1.29, 1.82) is 5.26 Å². The van der Waals surface area contributed by atoms with Crippen LogP contribution in [0.15, 0.2) is 41.4 Å². The average Bonchev–Trinajstić information content (AvgIpc) is 2.91. The lowest BCUT2D eigenvalue weighted by molar-refractivity contribution is -0.147. The SMILES string of the molecule is Cc1cnc2c(c1)c(C#N)c(-c1ccc(S(=O)(=O)NC(C)C(F)(F)F)cc1)n2C. The molecule has 3 aromatic rings. The van der Waals surface area contributed by atoms with Crippen LogP contribution < -0.4 is 4.72 Å². The highest BCUT2D eigenvalue weighted by Gasteiger charge is 2.38. The van der Waals surface area contributed by atoms with Gasteiger partial charge in [0.1, 0.15) is 17.8 Å². The third kappa shape index (κ3) is 3.83. The standard InChI is InChI=1S/C19H17F3N4O2S/c1-11-8-15-16(9-23)17(26(3)18(15)24-10-11)13-4-6-14(7-5-13)29(27,28)25-12(2)19(20,21)22/h4-8,10,12,25H,1-3H3. The molecule has 0 fully saturated rings. The van der Waals surface area contributed by atoms with Crippen molar-refractivity contribution in [2.75, 3.05) is 0 Å². The van der Waals surface area contributed by atoms with E-state index in [2.05, 4.69) is 11.1 Å². The van der Waals surface area contributed by atoms with Crippen molar-refractivity contribution in [3.05, 3.63) is 47.7 Å². The highest BCUT2D eigenvalue weighted by Crippen LogP contribution is 2.32. The van der Waals surface area contributed by atoms with Crippen LogP contribution >= 0.6 is 0 Å². The molecule has 2 aromatic heterocycles. The molecule has 0 radical (unpaired) electrons. The Morgan fingerprint density at radius 1 is 1.24 bits per heavy atom. The molecule has 0 aliphatic carbocycles. The van der Waals surface area contributed by atoms with Gasteiger partial charge in [-0.1, -0.05) is 12.1 Å². The van der Waals surface area contributed by atoms with Crippen molar-refractivity contribution in [3.8, 4) is 17.3 Å². The first-order valence-corrected chi connectivity index (χ1v) is 9.98. The lowest BCUT2D eigenvalue weighted by atomic mass is 10.1. The lowest BCUT2D eigenvalue weighted by Crippen LogP contribution is -2.42. The van der Waals surface area contributed by atoms with Crippen molar-refractivity contribution in [3.63, 3.8) is 0 Å². The van der Waals surface area contributed by atoms with Crippen molar-refractivity contribution in [2.45, 2.75) is 31.0 Å². The summed E-state index contributed by atoms with van der Waals surface area (Å²) in [4.78, 5) is 4.04. The van der Waals surface area contributed by atoms with Gasteiger partial charge in [-0.3, -0.25) is 0 Å². The summed E-state index contributed by atoms with van der Waals surface area (Å²) in [6.45, 7) is 2.59. The van der Waals surface area contributed by atoms with Crippen LogP contribution in [0.3, 0.4) is 0 Å². The summed E-state index contributed by atoms with van der Waals surface area (Å²) < 4.78 is 65.8. The van der Waals surface area contributed by atoms with Crippen LogP contribution in [0.25, 0.3) is 22.3 Å². The van der Waals surface area contributed by atoms with Crippen LogP contribution in [0.5, 0.6) is 0 Å². The van der Waals surface area contributed by atoms with E-state index in [1.807, 2.05) is 13.0 Å². The molecule has 3 rings (SSSR count). The molecule has 0 amide bonds. The smallest absolute Gasteiger partial charge is 0.327 e. The molecule has 10 heteroatoms. The molecule has 0 aliphatic rings. The number of aromatic nitrogens is 2. The molecule has 1 N–H and O–H groups in total. The van der Waals surface area contributed by atoms with E-state index in [9.17, 15) is 26.9 Å². The van der Waals surface area contributed by atoms with Crippen LogP contribution in [0.4, 0.5) is 13.2 Å². The minimum absolute atomic E-state index is 0.302. The molecule has 1 unspecified atom stereocenters. The largest absolute Gasteiger partial charge is 0.404 e. The number of aryl methyl sites for hydroxylation is 2. The van der Waals surface area contributed by atoms with E-state index in [-0.39, 0.29) is 4.90 Å². The zero-order chi connectivity index (χ0) is 21.6. The molecule has 1 atom stereocenters. The predicted molar refractivity (Wildman–Crippen MR) is 101 cm³/mol. The van der Waals surface area contributed by atoms with Gasteiger partial charge in [-0.2, -0.15) is 23.2 Å². The van der Waals surface area contributed by atoms with Gasteiger partial charge in [0.05, 0.1) is 16.2 Å². The van der Waals surface area contributed by atoms with E-state index < -0.39 is 22.2 Å². The lowest BCUT2D eigenvalue weighted by Gasteiger charge is -2.17. The zero-order valence-electron chi connectivity index (χ0n) is 15.7. The third-order valence-corrected chi connectivity index (χ3v) is 6.09. The second-order valence-electron chi connectivity index (χ2n) is 6.69. The highest BCUT2D eigenvalue weighted by molar-refractivity contribution is 7.89. The van der Waals surface area contributed by atoms with E-state index >= 15 is 0 Å². The van der Waals surface area contributed by atoms with E-state index in [0.717, 1.165) is 12.5 Å². The van der Waals surface area contributed by atoms with Crippen LogP contribution in [0.1, 0.15) is 18.1 Å². The second kappa shape index (κ2) is 7.17. The fourth-order valence-electron chi connectivity index (χ4n) is 3.03. The number of benzene rings is 1.